The van der Waals surface area contributed by atoms with Crippen LogP contribution in [0.4, 0.5) is 17.3 Å². The molecule has 1 aromatic heterocycles. The van der Waals surface area contributed by atoms with Gasteiger partial charge in [-0.25, -0.2) is 4.98 Å². The maximum Gasteiger partial charge on any atom is 0.275 e. The quantitative estimate of drug-likeness (QED) is 0.198. The first kappa shape index (κ1) is 28.4. The number of aromatic amines is 1. The average Bonchev–Trinajstić information content (AvgIpc) is 3.61. The number of nitrogens with zero attached hydrogens (tertiary/aromatic N) is 3. The first-order chi connectivity index (χ1) is 21.4. The molecule has 2 heterocycles. The van der Waals surface area contributed by atoms with E-state index in [2.05, 4.69) is 20.6 Å². The van der Waals surface area contributed by atoms with E-state index in [4.69, 9.17) is 9.84 Å². The van der Waals surface area contributed by atoms with E-state index in [0.717, 1.165) is 16.8 Å². The van der Waals surface area contributed by atoms with Crippen LogP contribution in [0.5, 0.6) is 5.75 Å². The molecular weight excluding hydrogens is 556 g/mol. The highest BCUT2D eigenvalue weighted by Crippen LogP contribution is 2.34. The number of benzene rings is 4. The van der Waals surface area contributed by atoms with Gasteiger partial charge in [0.15, 0.2) is 5.78 Å². The number of anilines is 3. The zero-order valence-corrected chi connectivity index (χ0v) is 24.1. The van der Waals surface area contributed by atoms with Gasteiger partial charge in [-0.15, -0.1) is 0 Å². The van der Waals surface area contributed by atoms with Crippen molar-refractivity contribution < 1.29 is 19.1 Å². The van der Waals surface area contributed by atoms with Crippen molar-refractivity contribution in [2.24, 2.45) is 11.0 Å². The Hall–Kier alpha value is -5.77. The number of fused-ring (bicyclic) bond motifs is 1. The molecule has 220 valence electrons. The van der Waals surface area contributed by atoms with Crippen molar-refractivity contribution >= 4 is 51.7 Å². The molecule has 4 aromatic carbocycles. The number of H-pyrrole nitrogens is 1. The van der Waals surface area contributed by atoms with Crippen molar-refractivity contribution in [2.75, 3.05) is 15.6 Å². The van der Waals surface area contributed by atoms with Crippen molar-refractivity contribution in [1.82, 2.24) is 9.97 Å². The molecule has 5 aromatic rings. The van der Waals surface area contributed by atoms with Crippen LogP contribution >= 0.6 is 0 Å². The molecule has 0 saturated heterocycles. The van der Waals surface area contributed by atoms with Gasteiger partial charge in [-0.1, -0.05) is 72.8 Å². The summed E-state index contributed by atoms with van der Waals surface area (Å²) < 4.78 is 6.21. The van der Waals surface area contributed by atoms with Crippen LogP contribution in [0.3, 0.4) is 0 Å². The second kappa shape index (κ2) is 12.2. The maximum absolute atomic E-state index is 14.6. The highest BCUT2D eigenvalue weighted by Gasteiger charge is 2.46. The first-order valence-electron chi connectivity index (χ1n) is 14.2. The summed E-state index contributed by atoms with van der Waals surface area (Å²) in [6.45, 7) is 3.27. The topological polar surface area (TPSA) is 129 Å². The smallest absolute Gasteiger partial charge is 0.275 e. The molecule has 6 rings (SSSR count). The molecule has 3 atom stereocenters. The van der Waals surface area contributed by atoms with Gasteiger partial charge < -0.3 is 15.0 Å². The third-order valence-corrected chi connectivity index (χ3v) is 7.35. The molecule has 0 saturated carbocycles. The summed E-state index contributed by atoms with van der Waals surface area (Å²) in [5.74, 6) is -2.03. The molecule has 0 spiro atoms. The van der Waals surface area contributed by atoms with E-state index in [1.165, 1.54) is 6.92 Å². The lowest BCUT2D eigenvalue weighted by atomic mass is 9.85. The van der Waals surface area contributed by atoms with Gasteiger partial charge in [0.05, 0.1) is 40.1 Å². The number of Topliss-reactive ketones (excluding diaryl/α,β-unsaturated/α-hetero) is 1. The highest BCUT2D eigenvalue weighted by molar-refractivity contribution is 6.22. The Balaban J connectivity index is 1.40. The minimum absolute atomic E-state index is 0.171. The van der Waals surface area contributed by atoms with Gasteiger partial charge >= 0.3 is 0 Å². The number of nitrogens with one attached hydrogen (secondary N) is 3. The minimum atomic E-state index is -1.62. The monoisotopic (exact) mass is 586 g/mol. The lowest BCUT2D eigenvalue weighted by molar-refractivity contribution is -0.136. The zero-order chi connectivity index (χ0) is 30.6. The summed E-state index contributed by atoms with van der Waals surface area (Å²) in [5, 5.41) is 12.1. The summed E-state index contributed by atoms with van der Waals surface area (Å²) in [5.41, 5.74) is 3.80. The van der Waals surface area contributed by atoms with Crippen LogP contribution in [-0.2, 0) is 14.4 Å². The van der Waals surface area contributed by atoms with E-state index in [1.807, 2.05) is 91.9 Å². The van der Waals surface area contributed by atoms with Crippen molar-refractivity contribution in [3.05, 3.63) is 115 Å². The third-order valence-electron chi connectivity index (χ3n) is 7.35. The van der Waals surface area contributed by atoms with Crippen LogP contribution in [0.2, 0.25) is 0 Å². The van der Waals surface area contributed by atoms with E-state index in [9.17, 15) is 14.4 Å². The van der Waals surface area contributed by atoms with Gasteiger partial charge in [0.25, 0.3) is 5.91 Å². The van der Waals surface area contributed by atoms with Crippen molar-refractivity contribution in [3.8, 4) is 5.75 Å². The van der Waals surface area contributed by atoms with Gasteiger partial charge in [-0.2, -0.15) is 5.10 Å². The van der Waals surface area contributed by atoms with Gasteiger partial charge in [-0.3, -0.25) is 24.7 Å². The van der Waals surface area contributed by atoms with Crippen LogP contribution < -0.4 is 20.4 Å². The van der Waals surface area contributed by atoms with Crippen molar-refractivity contribution in [3.63, 3.8) is 0 Å². The summed E-state index contributed by atoms with van der Waals surface area (Å²) in [4.78, 5) is 48.0. The fourth-order valence-electron chi connectivity index (χ4n) is 5.32. The van der Waals surface area contributed by atoms with Gasteiger partial charge in [0.1, 0.15) is 5.75 Å². The van der Waals surface area contributed by atoms with E-state index in [0.29, 0.717) is 16.9 Å². The fourth-order valence-corrected chi connectivity index (χ4v) is 5.32. The number of carbonyl (C=O) groups excluding carboxylic acids is 3. The second-order valence-electron chi connectivity index (χ2n) is 10.4. The number of aromatic nitrogens is 2. The molecule has 3 unspecified atom stereocenters. The number of para-hydroxylation sites is 5. The molecule has 0 bridgehead atoms. The SMILES string of the molecule is CC(=O)Nc1ccccc1OC(C(=O)Nc1nc2ccccc2[nH]1)C(=O)C1C(c2ccccc2)=NN(c2ccccc2)C1C. The predicted molar refractivity (Wildman–Crippen MR) is 170 cm³/mol. The number of rotatable bonds is 9. The molecule has 1 aliphatic heterocycles. The van der Waals surface area contributed by atoms with Gasteiger partial charge in [0.2, 0.25) is 18.0 Å². The first-order valence-corrected chi connectivity index (χ1v) is 14.2. The van der Waals surface area contributed by atoms with Crippen LogP contribution in [0.15, 0.2) is 114 Å². The number of amides is 2. The Bertz CT molecular complexity index is 1820. The Morgan fingerprint density at radius 2 is 1.50 bits per heavy atom. The Morgan fingerprint density at radius 1 is 0.841 bits per heavy atom. The van der Waals surface area contributed by atoms with Gasteiger partial charge in [-0.05, 0) is 48.9 Å². The maximum atomic E-state index is 14.6. The number of imidazole rings is 1. The second-order valence-corrected chi connectivity index (χ2v) is 10.4. The molecule has 1 aliphatic rings. The summed E-state index contributed by atoms with van der Waals surface area (Å²) in [6, 6.07) is 32.5. The van der Waals surface area contributed by atoms with Crippen LogP contribution in [0.25, 0.3) is 11.0 Å². The molecular formula is C34H30N6O4. The largest absolute Gasteiger partial charge is 0.470 e. The van der Waals surface area contributed by atoms with Crippen molar-refractivity contribution in [1.29, 1.82) is 0 Å². The molecule has 0 fully saturated rings. The standard InChI is InChI=1S/C34H30N6O4/c1-21-29(30(23-13-5-3-6-14-23)39-40(21)24-15-7-4-8-16-24)31(42)32(44-28-20-12-11-19-27(28)35-22(2)41)33(43)38-34-36-25-17-9-10-18-26(25)37-34/h3-21,29,32H,1-2H3,(H,35,41)(H2,36,37,38,43). The van der Waals surface area contributed by atoms with Crippen LogP contribution in [0.1, 0.15) is 19.4 Å². The Morgan fingerprint density at radius 3 is 2.23 bits per heavy atom. The molecule has 10 heteroatoms. The average molecular weight is 587 g/mol. The molecule has 44 heavy (non-hydrogen) atoms. The molecule has 2 amide bonds. The summed E-state index contributed by atoms with van der Waals surface area (Å²) in [6.07, 6.45) is -1.62. The zero-order valence-electron chi connectivity index (χ0n) is 24.1. The number of hydrogen-bond acceptors (Lipinski definition) is 7. The van der Waals surface area contributed by atoms with E-state index in [1.54, 1.807) is 29.3 Å². The lowest BCUT2D eigenvalue weighted by Gasteiger charge is -2.27. The van der Waals surface area contributed by atoms with E-state index in [-0.39, 0.29) is 17.6 Å². The number of ketones is 1. The fraction of sp³-hybridized carbons (Fsp3) is 0.147. The Kier molecular flexibility index (Phi) is 7.88. The molecule has 0 aliphatic carbocycles. The molecule has 10 nitrogen and oxygen atoms in total. The minimum Gasteiger partial charge on any atom is -0.470 e. The predicted octanol–water partition coefficient (Wildman–Crippen LogP) is 5.41. The number of ether oxygens (including phenoxy) is 1. The number of hydrazone groups is 1. The number of carbonyl (C=O) groups is 3. The Labute approximate surface area is 253 Å². The van der Waals surface area contributed by atoms with Gasteiger partial charge in [0, 0.05) is 6.92 Å². The summed E-state index contributed by atoms with van der Waals surface area (Å²) >= 11 is 0. The third kappa shape index (κ3) is 5.78. The van der Waals surface area contributed by atoms with Crippen LogP contribution in [-0.4, -0.2) is 45.4 Å². The molecule has 3 N–H and O–H groups in total. The van der Waals surface area contributed by atoms with Crippen LogP contribution in [0, 0.1) is 5.92 Å². The van der Waals surface area contributed by atoms with E-state index < -0.39 is 29.8 Å². The lowest BCUT2D eigenvalue weighted by Crippen LogP contribution is -2.48. The summed E-state index contributed by atoms with van der Waals surface area (Å²) in [7, 11) is 0. The van der Waals surface area contributed by atoms with E-state index >= 15 is 0 Å². The highest BCUT2D eigenvalue weighted by atomic mass is 16.5. The van der Waals surface area contributed by atoms with Crippen molar-refractivity contribution in [2.45, 2.75) is 26.0 Å². The number of hydrogen-bond donors (Lipinski definition) is 3. The normalized spacial score (nSPS) is 16.7. The molecule has 0 radical (unpaired) electrons.